The molecule has 2 aromatic carbocycles. The SMILES string of the molecule is COc1cccc([C@H]2C[C@H](c3ccccc3)n3ncnc3N2)c1. The molecule has 4 rings (SSSR count). The Labute approximate surface area is 134 Å². The van der Waals surface area contributed by atoms with Crippen molar-refractivity contribution in [2.24, 2.45) is 0 Å². The first kappa shape index (κ1) is 13.8. The van der Waals surface area contributed by atoms with Crippen molar-refractivity contribution in [3.8, 4) is 5.75 Å². The number of benzene rings is 2. The second-order valence-electron chi connectivity index (χ2n) is 5.66. The van der Waals surface area contributed by atoms with E-state index < -0.39 is 0 Å². The summed E-state index contributed by atoms with van der Waals surface area (Å²) in [6.07, 6.45) is 2.51. The molecule has 1 aliphatic heterocycles. The van der Waals surface area contributed by atoms with Crippen LogP contribution in [0.2, 0.25) is 0 Å². The van der Waals surface area contributed by atoms with Gasteiger partial charge in [0.05, 0.1) is 19.2 Å². The maximum absolute atomic E-state index is 5.35. The Morgan fingerprint density at radius 3 is 2.74 bits per heavy atom. The maximum Gasteiger partial charge on any atom is 0.222 e. The molecule has 0 spiro atoms. The van der Waals surface area contributed by atoms with E-state index in [9.17, 15) is 0 Å². The van der Waals surface area contributed by atoms with Gasteiger partial charge in [-0.3, -0.25) is 0 Å². The van der Waals surface area contributed by atoms with Gasteiger partial charge < -0.3 is 10.1 Å². The van der Waals surface area contributed by atoms with Crippen molar-refractivity contribution in [2.45, 2.75) is 18.5 Å². The van der Waals surface area contributed by atoms with Crippen LogP contribution in [0.15, 0.2) is 60.9 Å². The number of anilines is 1. The van der Waals surface area contributed by atoms with Crippen molar-refractivity contribution in [1.29, 1.82) is 0 Å². The minimum Gasteiger partial charge on any atom is -0.497 e. The average Bonchev–Trinajstić information content (AvgIpc) is 3.10. The van der Waals surface area contributed by atoms with Crippen LogP contribution < -0.4 is 10.1 Å². The van der Waals surface area contributed by atoms with Crippen molar-refractivity contribution < 1.29 is 4.74 Å². The van der Waals surface area contributed by atoms with E-state index in [1.165, 1.54) is 11.1 Å². The summed E-state index contributed by atoms with van der Waals surface area (Å²) in [5, 5.41) is 7.87. The van der Waals surface area contributed by atoms with Crippen LogP contribution in [0, 0.1) is 0 Å². The number of aromatic nitrogens is 3. The number of nitrogens with zero attached hydrogens (tertiary/aromatic N) is 3. The van der Waals surface area contributed by atoms with Crippen LogP contribution in [-0.2, 0) is 0 Å². The summed E-state index contributed by atoms with van der Waals surface area (Å²) in [6, 6.07) is 19.0. The minimum atomic E-state index is 0.172. The molecule has 3 aromatic rings. The van der Waals surface area contributed by atoms with Gasteiger partial charge in [0.25, 0.3) is 0 Å². The zero-order chi connectivity index (χ0) is 15.6. The molecule has 0 saturated heterocycles. The largest absolute Gasteiger partial charge is 0.497 e. The van der Waals surface area contributed by atoms with Gasteiger partial charge in [-0.1, -0.05) is 42.5 Å². The third-order valence-corrected chi connectivity index (χ3v) is 4.31. The standard InChI is InChI=1S/C18H18N4O/c1-23-15-9-5-8-14(10-15)16-11-17(13-6-3-2-4-7-13)22-18(21-16)19-12-20-22/h2-10,12,16-17H,11H2,1H3,(H,19,20,21)/t16-,17-/m1/s1. The predicted octanol–water partition coefficient (Wildman–Crippen LogP) is 3.43. The Morgan fingerprint density at radius 2 is 1.91 bits per heavy atom. The highest BCUT2D eigenvalue weighted by molar-refractivity contribution is 5.40. The second kappa shape index (κ2) is 5.76. The van der Waals surface area contributed by atoms with E-state index in [2.05, 4.69) is 51.8 Å². The zero-order valence-corrected chi connectivity index (χ0v) is 12.9. The first-order valence-electron chi connectivity index (χ1n) is 7.70. The van der Waals surface area contributed by atoms with E-state index in [4.69, 9.17) is 4.74 Å². The Morgan fingerprint density at radius 1 is 1.09 bits per heavy atom. The van der Waals surface area contributed by atoms with Gasteiger partial charge in [0, 0.05) is 0 Å². The maximum atomic E-state index is 5.35. The van der Waals surface area contributed by atoms with Gasteiger partial charge in [0.2, 0.25) is 5.95 Å². The average molecular weight is 306 g/mol. The summed E-state index contributed by atoms with van der Waals surface area (Å²) in [6.45, 7) is 0. The van der Waals surface area contributed by atoms with E-state index in [0.29, 0.717) is 0 Å². The van der Waals surface area contributed by atoms with Crippen LogP contribution in [0.5, 0.6) is 5.75 Å². The fourth-order valence-corrected chi connectivity index (χ4v) is 3.15. The van der Waals surface area contributed by atoms with Crippen molar-refractivity contribution in [1.82, 2.24) is 14.8 Å². The molecule has 0 amide bonds. The van der Waals surface area contributed by atoms with Crippen molar-refractivity contribution in [2.75, 3.05) is 12.4 Å². The number of fused-ring (bicyclic) bond motifs is 1. The van der Waals surface area contributed by atoms with E-state index in [1.54, 1.807) is 13.4 Å². The third kappa shape index (κ3) is 2.54. The van der Waals surface area contributed by atoms with E-state index in [1.807, 2.05) is 22.9 Å². The third-order valence-electron chi connectivity index (χ3n) is 4.31. The fourth-order valence-electron chi connectivity index (χ4n) is 3.15. The summed E-state index contributed by atoms with van der Waals surface area (Å²) in [7, 11) is 1.69. The Hall–Kier alpha value is -2.82. The summed E-state index contributed by atoms with van der Waals surface area (Å²) < 4.78 is 7.31. The van der Waals surface area contributed by atoms with Crippen LogP contribution in [0.4, 0.5) is 5.95 Å². The molecule has 5 heteroatoms. The number of ether oxygens (including phenoxy) is 1. The Balaban J connectivity index is 1.72. The zero-order valence-electron chi connectivity index (χ0n) is 12.9. The fraction of sp³-hybridized carbons (Fsp3) is 0.222. The van der Waals surface area contributed by atoms with Crippen molar-refractivity contribution in [3.05, 3.63) is 72.1 Å². The summed E-state index contributed by atoms with van der Waals surface area (Å²) in [4.78, 5) is 4.36. The monoisotopic (exact) mass is 306 g/mol. The van der Waals surface area contributed by atoms with Gasteiger partial charge in [-0.05, 0) is 29.7 Å². The van der Waals surface area contributed by atoms with Gasteiger partial charge in [0.15, 0.2) is 0 Å². The lowest BCUT2D eigenvalue weighted by molar-refractivity contribution is 0.410. The molecule has 0 unspecified atom stereocenters. The highest BCUT2D eigenvalue weighted by Crippen LogP contribution is 2.37. The minimum absolute atomic E-state index is 0.172. The van der Waals surface area contributed by atoms with E-state index in [-0.39, 0.29) is 12.1 Å². The first-order chi connectivity index (χ1) is 11.3. The molecule has 5 nitrogen and oxygen atoms in total. The normalized spacial score (nSPS) is 19.7. The highest BCUT2D eigenvalue weighted by Gasteiger charge is 2.29. The molecule has 1 N–H and O–H groups in total. The summed E-state index contributed by atoms with van der Waals surface area (Å²) >= 11 is 0. The van der Waals surface area contributed by atoms with Gasteiger partial charge in [-0.15, -0.1) is 0 Å². The van der Waals surface area contributed by atoms with Gasteiger partial charge >= 0.3 is 0 Å². The van der Waals surface area contributed by atoms with Crippen molar-refractivity contribution >= 4 is 5.95 Å². The number of hydrogen-bond donors (Lipinski definition) is 1. The lowest BCUT2D eigenvalue weighted by Crippen LogP contribution is -2.28. The first-order valence-corrected chi connectivity index (χ1v) is 7.70. The predicted molar refractivity (Wildman–Crippen MR) is 88.6 cm³/mol. The number of nitrogens with one attached hydrogen (secondary N) is 1. The Kier molecular flexibility index (Phi) is 3.46. The van der Waals surface area contributed by atoms with Gasteiger partial charge in [0.1, 0.15) is 12.1 Å². The second-order valence-corrected chi connectivity index (χ2v) is 5.66. The molecule has 2 atom stereocenters. The van der Waals surface area contributed by atoms with Crippen LogP contribution >= 0.6 is 0 Å². The van der Waals surface area contributed by atoms with Gasteiger partial charge in [-0.25, -0.2) is 4.68 Å². The topological polar surface area (TPSA) is 52.0 Å². The molecular weight excluding hydrogens is 288 g/mol. The summed E-state index contributed by atoms with van der Waals surface area (Å²) in [5.41, 5.74) is 2.44. The van der Waals surface area contributed by atoms with E-state index >= 15 is 0 Å². The molecule has 0 saturated carbocycles. The lowest BCUT2D eigenvalue weighted by Gasteiger charge is -2.31. The molecule has 0 fully saturated rings. The molecule has 23 heavy (non-hydrogen) atoms. The number of rotatable bonds is 3. The summed E-state index contributed by atoms with van der Waals surface area (Å²) in [5.74, 6) is 1.67. The quantitative estimate of drug-likeness (QED) is 0.805. The smallest absolute Gasteiger partial charge is 0.222 e. The highest BCUT2D eigenvalue weighted by atomic mass is 16.5. The van der Waals surface area contributed by atoms with Gasteiger partial charge in [-0.2, -0.15) is 10.1 Å². The molecule has 2 heterocycles. The van der Waals surface area contributed by atoms with Crippen LogP contribution in [-0.4, -0.2) is 21.9 Å². The van der Waals surface area contributed by atoms with Crippen LogP contribution in [0.3, 0.4) is 0 Å². The molecule has 1 aromatic heterocycles. The van der Waals surface area contributed by atoms with Crippen LogP contribution in [0.25, 0.3) is 0 Å². The molecule has 0 bridgehead atoms. The van der Waals surface area contributed by atoms with E-state index in [0.717, 1.165) is 18.1 Å². The molecule has 0 radical (unpaired) electrons. The van der Waals surface area contributed by atoms with Crippen LogP contribution in [0.1, 0.15) is 29.6 Å². The molecule has 0 aliphatic carbocycles. The molecule has 116 valence electrons. The molecular formula is C18H18N4O. The Bertz CT molecular complexity index is 800. The van der Waals surface area contributed by atoms with Crippen molar-refractivity contribution in [3.63, 3.8) is 0 Å². The molecule has 1 aliphatic rings. The number of hydrogen-bond acceptors (Lipinski definition) is 4. The lowest BCUT2D eigenvalue weighted by atomic mass is 9.93. The number of methoxy groups -OCH3 is 1.